The second-order valence-electron chi connectivity index (χ2n) is 10.0. The van der Waals surface area contributed by atoms with E-state index in [2.05, 4.69) is 27.6 Å². The van der Waals surface area contributed by atoms with Crippen molar-refractivity contribution < 1.29 is 14.3 Å². The third-order valence-corrected chi connectivity index (χ3v) is 8.17. The van der Waals surface area contributed by atoms with Gasteiger partial charge >= 0.3 is 6.03 Å². The molecule has 1 atom stereocenters. The molecule has 40 heavy (non-hydrogen) atoms. The number of likely N-dealkylation sites (N-methyl/N-ethyl adjacent to an activating group) is 1. The number of pyridine rings is 1. The van der Waals surface area contributed by atoms with Gasteiger partial charge in [-0.3, -0.25) is 9.69 Å². The number of nitrogens with zero attached hydrogens (tertiary/aromatic N) is 3. The minimum absolute atomic E-state index is 0.0881. The molecule has 0 saturated carbocycles. The van der Waals surface area contributed by atoms with Crippen LogP contribution >= 0.6 is 11.3 Å². The van der Waals surface area contributed by atoms with Crippen LogP contribution in [0.1, 0.15) is 47.5 Å². The summed E-state index contributed by atoms with van der Waals surface area (Å²) in [7, 11) is 2.07. The number of anilines is 3. The van der Waals surface area contributed by atoms with Crippen molar-refractivity contribution >= 4 is 50.6 Å². The van der Waals surface area contributed by atoms with E-state index < -0.39 is 0 Å². The van der Waals surface area contributed by atoms with Gasteiger partial charge in [-0.2, -0.15) is 0 Å². The lowest BCUT2D eigenvalue weighted by atomic mass is 10.1. The van der Waals surface area contributed by atoms with Gasteiger partial charge in [0.05, 0.1) is 22.4 Å². The van der Waals surface area contributed by atoms with E-state index in [-0.39, 0.29) is 18.0 Å². The number of amides is 3. The number of hydrogen-bond donors (Lipinski definition) is 2. The lowest BCUT2D eigenvalue weighted by molar-refractivity contribution is 0.0917. The number of aromatic nitrogens is 1. The van der Waals surface area contributed by atoms with Crippen molar-refractivity contribution in [3.63, 3.8) is 0 Å². The Morgan fingerprint density at radius 3 is 2.55 bits per heavy atom. The molecule has 0 radical (unpaired) electrons. The molecule has 2 aromatic carbocycles. The molecule has 208 valence electrons. The molecule has 2 N–H and O–H groups in total. The van der Waals surface area contributed by atoms with Crippen molar-refractivity contribution in [2.24, 2.45) is 0 Å². The molecular formula is C31H35N5O3S. The summed E-state index contributed by atoms with van der Waals surface area (Å²) in [5.74, 6) is 1.27. The highest BCUT2D eigenvalue weighted by Crippen LogP contribution is 2.46. The number of rotatable bonds is 5. The first-order valence-electron chi connectivity index (χ1n) is 13.7. The molecular weight excluding hydrogens is 522 g/mol. The quantitative estimate of drug-likeness (QED) is 0.270. The Labute approximate surface area is 239 Å². The number of aryl methyl sites for hydroxylation is 2. The first-order valence-corrected chi connectivity index (χ1v) is 14.6. The molecule has 1 fully saturated rings. The van der Waals surface area contributed by atoms with Gasteiger partial charge in [0.2, 0.25) is 0 Å². The van der Waals surface area contributed by atoms with Gasteiger partial charge in [-0.15, -0.1) is 11.3 Å². The Bertz CT molecular complexity index is 1550. The maximum Gasteiger partial charge on any atom is 0.331 e. The normalized spacial score (nSPS) is 16.7. The van der Waals surface area contributed by atoms with E-state index in [1.165, 1.54) is 16.9 Å². The van der Waals surface area contributed by atoms with E-state index in [1.54, 1.807) is 11.1 Å². The predicted molar refractivity (Wildman–Crippen MR) is 163 cm³/mol. The highest BCUT2D eigenvalue weighted by molar-refractivity contribution is 7.21. The van der Waals surface area contributed by atoms with E-state index in [4.69, 9.17) is 4.74 Å². The van der Waals surface area contributed by atoms with Gasteiger partial charge in [0, 0.05) is 18.8 Å². The number of urea groups is 1. The summed E-state index contributed by atoms with van der Waals surface area (Å²) in [6, 6.07) is 15.1. The number of piperidine rings is 1. The topological polar surface area (TPSA) is 86.8 Å². The highest BCUT2D eigenvalue weighted by atomic mass is 32.1. The predicted octanol–water partition coefficient (Wildman–Crippen LogP) is 7.24. The molecule has 4 aromatic rings. The number of carbonyl (C=O) groups excluding carboxylic acids is 2. The van der Waals surface area contributed by atoms with E-state index in [0.717, 1.165) is 48.3 Å². The molecule has 0 aliphatic carbocycles. The average molecular weight is 558 g/mol. The van der Waals surface area contributed by atoms with Crippen LogP contribution in [-0.4, -0.2) is 48.0 Å². The number of benzene rings is 2. The number of thiophene rings is 1. The van der Waals surface area contributed by atoms with Crippen LogP contribution in [0.15, 0.2) is 54.7 Å². The van der Waals surface area contributed by atoms with Crippen LogP contribution in [0, 0.1) is 13.8 Å². The van der Waals surface area contributed by atoms with Crippen molar-refractivity contribution in [1.82, 2.24) is 15.2 Å². The standard InChI is InChI=1S/C29H29N5O3S.C2H6/c1-17-6-8-20(9-7-17)37-21-10-11-22(18(2)15-21)34-23-12-13-30-28-24(23)25(32-29(34)36)26(38-28)27(35)31-19-5-4-14-33(3)16-19;1-2/h6-13,15,19H,4-5,14,16H2,1-3H3,(H,31,35)(H,32,36);1-2H3. The first-order chi connectivity index (χ1) is 19.4. The summed E-state index contributed by atoms with van der Waals surface area (Å²) in [5, 5.41) is 6.93. The molecule has 3 amide bonds. The number of carbonyl (C=O) groups is 2. The highest BCUT2D eigenvalue weighted by Gasteiger charge is 2.34. The summed E-state index contributed by atoms with van der Waals surface area (Å²) in [6.07, 6.45) is 3.68. The zero-order chi connectivity index (χ0) is 28.4. The molecule has 4 heterocycles. The van der Waals surface area contributed by atoms with Gasteiger partial charge in [-0.25, -0.2) is 9.78 Å². The Kier molecular flexibility index (Phi) is 8.04. The molecule has 9 heteroatoms. The molecule has 8 nitrogen and oxygen atoms in total. The van der Waals surface area contributed by atoms with Gasteiger partial charge in [-0.1, -0.05) is 31.5 Å². The van der Waals surface area contributed by atoms with Crippen LogP contribution in [0.3, 0.4) is 0 Å². The number of likely N-dealkylation sites (tertiary alicyclic amines) is 1. The number of ether oxygens (including phenoxy) is 1. The molecule has 1 saturated heterocycles. The van der Waals surface area contributed by atoms with Gasteiger partial charge in [-0.05, 0) is 82.2 Å². The Morgan fingerprint density at radius 2 is 1.82 bits per heavy atom. The lowest BCUT2D eigenvalue weighted by Crippen LogP contribution is -2.46. The molecule has 2 aliphatic rings. The zero-order valence-corrected chi connectivity index (χ0v) is 24.4. The van der Waals surface area contributed by atoms with Crippen molar-refractivity contribution in [3.05, 3.63) is 70.7 Å². The SMILES string of the molecule is CC.Cc1ccc(Oc2ccc(N3C(=O)Nc4c(C(=O)NC5CCCN(C)C5)sc5nccc3c45)c(C)c2)cc1. The maximum atomic E-state index is 13.5. The maximum absolute atomic E-state index is 13.5. The zero-order valence-electron chi connectivity index (χ0n) is 23.6. The van der Waals surface area contributed by atoms with Crippen molar-refractivity contribution in [1.29, 1.82) is 0 Å². The summed E-state index contributed by atoms with van der Waals surface area (Å²) >= 11 is 1.31. The third kappa shape index (κ3) is 5.39. The summed E-state index contributed by atoms with van der Waals surface area (Å²) in [4.78, 5) is 36.4. The van der Waals surface area contributed by atoms with E-state index in [1.807, 2.05) is 76.2 Å². The lowest BCUT2D eigenvalue weighted by Gasteiger charge is -2.31. The Morgan fingerprint density at radius 1 is 1.07 bits per heavy atom. The second-order valence-corrected chi connectivity index (χ2v) is 11.0. The van der Waals surface area contributed by atoms with Crippen LogP contribution in [0.5, 0.6) is 11.5 Å². The van der Waals surface area contributed by atoms with Gasteiger partial charge < -0.3 is 20.3 Å². The van der Waals surface area contributed by atoms with Gasteiger partial charge in [0.15, 0.2) is 0 Å². The van der Waals surface area contributed by atoms with Crippen molar-refractivity contribution in [2.75, 3.05) is 30.4 Å². The summed E-state index contributed by atoms with van der Waals surface area (Å²) in [5.41, 5.74) is 4.02. The minimum Gasteiger partial charge on any atom is -0.457 e. The van der Waals surface area contributed by atoms with Crippen molar-refractivity contribution in [3.8, 4) is 11.5 Å². The summed E-state index contributed by atoms with van der Waals surface area (Å²) in [6.45, 7) is 9.84. The van der Waals surface area contributed by atoms with E-state index in [0.29, 0.717) is 26.8 Å². The minimum atomic E-state index is -0.315. The molecule has 2 aliphatic heterocycles. The number of hydrogen-bond acceptors (Lipinski definition) is 6. The fraction of sp³-hybridized carbons (Fsp3) is 0.323. The average Bonchev–Trinajstić information content (AvgIpc) is 3.32. The fourth-order valence-corrected chi connectivity index (χ4v) is 6.23. The van der Waals surface area contributed by atoms with Crippen LogP contribution in [-0.2, 0) is 0 Å². The largest absolute Gasteiger partial charge is 0.457 e. The molecule has 6 rings (SSSR count). The summed E-state index contributed by atoms with van der Waals surface area (Å²) < 4.78 is 6.02. The molecule has 2 aromatic heterocycles. The van der Waals surface area contributed by atoms with E-state index in [9.17, 15) is 9.59 Å². The van der Waals surface area contributed by atoms with Crippen molar-refractivity contribution in [2.45, 2.75) is 46.6 Å². The van der Waals surface area contributed by atoms with Crippen LogP contribution in [0.25, 0.3) is 10.2 Å². The Balaban J connectivity index is 0.00000158. The Hall–Kier alpha value is -3.95. The molecule has 1 unspecified atom stereocenters. The van der Waals surface area contributed by atoms with Crippen LogP contribution in [0.4, 0.5) is 21.9 Å². The second kappa shape index (κ2) is 11.7. The van der Waals surface area contributed by atoms with Crippen LogP contribution < -0.4 is 20.3 Å². The number of nitrogens with one attached hydrogen (secondary N) is 2. The van der Waals surface area contributed by atoms with Gasteiger partial charge in [0.1, 0.15) is 21.2 Å². The fourth-order valence-electron chi connectivity index (χ4n) is 5.20. The molecule has 0 bridgehead atoms. The monoisotopic (exact) mass is 557 g/mol. The smallest absolute Gasteiger partial charge is 0.331 e. The van der Waals surface area contributed by atoms with Gasteiger partial charge in [0.25, 0.3) is 5.91 Å². The molecule has 0 spiro atoms. The van der Waals surface area contributed by atoms with Crippen LogP contribution in [0.2, 0.25) is 0 Å². The third-order valence-electron chi connectivity index (χ3n) is 7.08. The first kappa shape index (κ1) is 27.6. The van der Waals surface area contributed by atoms with E-state index >= 15 is 0 Å².